The monoisotopic (exact) mass is 408 g/mol. The van der Waals surface area contributed by atoms with Crippen molar-refractivity contribution in [3.63, 3.8) is 0 Å². The molecule has 2 unspecified atom stereocenters. The molecule has 7 nitrogen and oxygen atoms in total. The number of carbonyl (C=O) groups excluding carboxylic acids is 2. The van der Waals surface area contributed by atoms with Crippen LogP contribution in [0.15, 0.2) is 42.5 Å². The van der Waals surface area contributed by atoms with Crippen LogP contribution < -0.4 is 10.1 Å². The van der Waals surface area contributed by atoms with Gasteiger partial charge in [0.25, 0.3) is 5.91 Å². The summed E-state index contributed by atoms with van der Waals surface area (Å²) in [7, 11) is 0. The van der Waals surface area contributed by atoms with E-state index in [2.05, 4.69) is 5.32 Å². The summed E-state index contributed by atoms with van der Waals surface area (Å²) >= 11 is 0. The highest BCUT2D eigenvalue weighted by Gasteiger charge is 2.32. The van der Waals surface area contributed by atoms with E-state index in [9.17, 15) is 14.7 Å². The van der Waals surface area contributed by atoms with E-state index in [1.807, 2.05) is 6.07 Å². The number of aliphatic hydroxyl groups is 1. The zero-order valence-corrected chi connectivity index (χ0v) is 17.1. The number of anilines is 1. The number of aliphatic hydroxyl groups excluding tert-OH is 1. The van der Waals surface area contributed by atoms with Crippen LogP contribution in [0.1, 0.15) is 54.8 Å². The molecular weight excluding hydrogens is 384 g/mol. The number of rotatable bonds is 4. The number of esters is 1. The predicted molar refractivity (Wildman–Crippen MR) is 110 cm³/mol. The number of hydrogen-bond donors (Lipinski definition) is 2. The van der Waals surface area contributed by atoms with Crippen molar-refractivity contribution >= 4 is 17.6 Å². The van der Waals surface area contributed by atoms with E-state index in [4.69, 9.17) is 14.7 Å². The molecular formula is C23H24N2O5. The van der Waals surface area contributed by atoms with Crippen molar-refractivity contribution in [3.05, 3.63) is 59.2 Å². The second-order valence-electron chi connectivity index (χ2n) is 8.20. The fraction of sp³-hybridized carbons (Fsp3) is 0.348. The van der Waals surface area contributed by atoms with Gasteiger partial charge >= 0.3 is 5.97 Å². The lowest BCUT2D eigenvalue weighted by Gasteiger charge is -2.31. The quantitative estimate of drug-likeness (QED) is 0.749. The number of nitrogens with zero attached hydrogens (tertiary/aromatic N) is 1. The van der Waals surface area contributed by atoms with Crippen LogP contribution in [0.4, 0.5) is 5.69 Å². The number of ether oxygens (including phenoxy) is 2. The van der Waals surface area contributed by atoms with Crippen LogP contribution in [0, 0.1) is 17.2 Å². The summed E-state index contributed by atoms with van der Waals surface area (Å²) < 4.78 is 11.0. The molecule has 0 radical (unpaired) electrons. The minimum Gasteiger partial charge on any atom is -0.493 e. The maximum absolute atomic E-state index is 12.5. The van der Waals surface area contributed by atoms with Crippen molar-refractivity contribution < 1.29 is 24.2 Å². The van der Waals surface area contributed by atoms with Gasteiger partial charge in [-0.2, -0.15) is 5.26 Å². The van der Waals surface area contributed by atoms with Crippen molar-refractivity contribution in [2.45, 2.75) is 38.9 Å². The molecule has 0 fully saturated rings. The fourth-order valence-corrected chi connectivity index (χ4v) is 3.20. The average molecular weight is 408 g/mol. The van der Waals surface area contributed by atoms with Gasteiger partial charge in [-0.25, -0.2) is 0 Å². The van der Waals surface area contributed by atoms with Crippen LogP contribution in [0.3, 0.4) is 0 Å². The second-order valence-corrected chi connectivity index (χ2v) is 8.20. The van der Waals surface area contributed by atoms with Crippen LogP contribution in [0.2, 0.25) is 0 Å². The van der Waals surface area contributed by atoms with E-state index in [0.29, 0.717) is 28.1 Å². The third-order valence-corrected chi connectivity index (χ3v) is 4.61. The van der Waals surface area contributed by atoms with Gasteiger partial charge in [0.15, 0.2) is 0 Å². The molecule has 0 saturated heterocycles. The highest BCUT2D eigenvalue weighted by molar-refractivity contribution is 6.04. The smallest absolute Gasteiger partial charge is 0.306 e. The van der Waals surface area contributed by atoms with E-state index in [1.54, 1.807) is 63.2 Å². The molecule has 7 heteroatoms. The van der Waals surface area contributed by atoms with Crippen LogP contribution >= 0.6 is 0 Å². The van der Waals surface area contributed by atoms with Gasteiger partial charge in [-0.05, 0) is 63.2 Å². The van der Waals surface area contributed by atoms with Gasteiger partial charge in [-0.3, -0.25) is 9.59 Å². The van der Waals surface area contributed by atoms with Crippen LogP contribution in [-0.4, -0.2) is 29.2 Å². The number of nitrogens with one attached hydrogen (secondary N) is 1. The first-order valence-corrected chi connectivity index (χ1v) is 9.64. The van der Waals surface area contributed by atoms with Gasteiger partial charge in [-0.15, -0.1) is 0 Å². The number of hydrogen-bond acceptors (Lipinski definition) is 6. The van der Waals surface area contributed by atoms with Crippen molar-refractivity contribution in [1.29, 1.82) is 5.26 Å². The van der Waals surface area contributed by atoms with Crippen LogP contribution in [0.5, 0.6) is 5.75 Å². The molecule has 1 aliphatic rings. The first-order valence-electron chi connectivity index (χ1n) is 9.64. The third kappa shape index (κ3) is 5.16. The molecule has 2 aromatic carbocycles. The Labute approximate surface area is 175 Å². The first-order chi connectivity index (χ1) is 14.2. The van der Waals surface area contributed by atoms with Crippen molar-refractivity contribution in [2.75, 3.05) is 11.9 Å². The molecule has 0 spiro atoms. The summed E-state index contributed by atoms with van der Waals surface area (Å²) in [5.41, 5.74) is 1.28. The zero-order chi connectivity index (χ0) is 21.9. The Kier molecular flexibility index (Phi) is 6.09. The zero-order valence-electron chi connectivity index (χ0n) is 17.1. The lowest BCUT2D eigenvalue weighted by Crippen LogP contribution is -2.31. The number of amides is 1. The molecule has 2 aromatic rings. The highest BCUT2D eigenvalue weighted by atomic mass is 16.6. The van der Waals surface area contributed by atoms with Crippen molar-refractivity contribution in [2.24, 2.45) is 5.92 Å². The van der Waals surface area contributed by atoms with Gasteiger partial charge < -0.3 is 19.9 Å². The Hall–Kier alpha value is -3.37. The van der Waals surface area contributed by atoms with Gasteiger partial charge in [-0.1, -0.05) is 0 Å². The lowest BCUT2D eigenvalue weighted by atomic mass is 9.90. The molecule has 1 heterocycles. The van der Waals surface area contributed by atoms with E-state index < -0.39 is 23.6 Å². The third-order valence-electron chi connectivity index (χ3n) is 4.61. The molecule has 2 atom stereocenters. The van der Waals surface area contributed by atoms with E-state index in [1.165, 1.54) is 0 Å². The molecule has 0 aliphatic carbocycles. The summed E-state index contributed by atoms with van der Waals surface area (Å²) in [5, 5.41) is 22.4. The maximum atomic E-state index is 12.5. The fourth-order valence-electron chi connectivity index (χ4n) is 3.20. The topological polar surface area (TPSA) is 109 Å². The minimum atomic E-state index is -0.923. The normalized spacial score (nSPS) is 17.8. The Bertz CT molecular complexity index is 986. The lowest BCUT2D eigenvalue weighted by molar-refractivity contribution is -0.157. The molecule has 156 valence electrons. The number of fused-ring (bicyclic) bond motifs is 1. The maximum Gasteiger partial charge on any atom is 0.306 e. The van der Waals surface area contributed by atoms with Gasteiger partial charge in [0.05, 0.1) is 30.8 Å². The average Bonchev–Trinajstić information content (AvgIpc) is 2.69. The molecule has 0 aromatic heterocycles. The second kappa shape index (κ2) is 8.56. The summed E-state index contributed by atoms with van der Waals surface area (Å²) in [4.78, 5) is 24.6. The minimum absolute atomic E-state index is 0.0275. The highest BCUT2D eigenvalue weighted by Crippen LogP contribution is 2.38. The van der Waals surface area contributed by atoms with Crippen LogP contribution in [0.25, 0.3) is 0 Å². The summed E-state index contributed by atoms with van der Waals surface area (Å²) in [5.74, 6) is -0.670. The van der Waals surface area contributed by atoms with Crippen LogP contribution in [-0.2, 0) is 9.53 Å². The van der Waals surface area contributed by atoms with E-state index >= 15 is 0 Å². The summed E-state index contributed by atoms with van der Waals surface area (Å²) in [6.07, 6.45) is -0.896. The molecule has 1 aliphatic heterocycles. The van der Waals surface area contributed by atoms with E-state index in [-0.39, 0.29) is 18.9 Å². The van der Waals surface area contributed by atoms with Crippen molar-refractivity contribution in [1.82, 2.24) is 0 Å². The molecule has 0 bridgehead atoms. The number of benzene rings is 2. The van der Waals surface area contributed by atoms with Gasteiger partial charge in [0, 0.05) is 22.7 Å². The molecule has 3 rings (SSSR count). The molecule has 0 saturated carbocycles. The van der Waals surface area contributed by atoms with Gasteiger partial charge in [0.2, 0.25) is 0 Å². The Morgan fingerprint density at radius 1 is 1.23 bits per heavy atom. The molecule has 2 N–H and O–H groups in total. The Morgan fingerprint density at radius 3 is 2.57 bits per heavy atom. The number of nitriles is 1. The van der Waals surface area contributed by atoms with Crippen molar-refractivity contribution in [3.8, 4) is 11.8 Å². The Morgan fingerprint density at radius 2 is 1.93 bits per heavy atom. The predicted octanol–water partition coefficient (Wildman–Crippen LogP) is 3.58. The summed E-state index contributed by atoms with van der Waals surface area (Å²) in [6, 6.07) is 13.3. The van der Waals surface area contributed by atoms with Gasteiger partial charge in [0.1, 0.15) is 11.4 Å². The summed E-state index contributed by atoms with van der Waals surface area (Å²) in [6.45, 7) is 5.56. The SMILES string of the molecule is CC(C)(C)OC(=O)CC1COc2ccc(NC(=O)c3ccc(C#N)cc3)cc2C1O. The first kappa shape index (κ1) is 21.3. The largest absolute Gasteiger partial charge is 0.493 e. The Balaban J connectivity index is 1.71. The molecule has 30 heavy (non-hydrogen) atoms. The number of carbonyl (C=O) groups is 2. The van der Waals surface area contributed by atoms with E-state index in [0.717, 1.165) is 0 Å². The molecule has 1 amide bonds. The standard InChI is InChI=1S/C23H24N2O5/c1-23(2,3)30-20(26)10-16-13-29-19-9-8-17(11-18(19)21(16)27)25-22(28)15-6-4-14(12-24)5-7-15/h4-9,11,16,21,27H,10,13H2,1-3H3,(H,25,28).